The van der Waals surface area contributed by atoms with E-state index in [4.69, 9.17) is 5.11 Å². The first kappa shape index (κ1) is 13.9. The number of carbonyl (C=O) groups excluding carboxylic acids is 1. The van der Waals surface area contributed by atoms with E-state index in [0.717, 1.165) is 6.42 Å². The van der Waals surface area contributed by atoms with Gasteiger partial charge in [-0.15, -0.1) is 0 Å². The van der Waals surface area contributed by atoms with Crippen molar-refractivity contribution in [1.29, 1.82) is 0 Å². The highest BCUT2D eigenvalue weighted by Gasteiger charge is 2.30. The van der Waals surface area contributed by atoms with Gasteiger partial charge in [0.25, 0.3) is 0 Å². The number of amides is 2. The maximum atomic E-state index is 12.0. The SMILES string of the molecule is CC1CCN(C(=O)NC2C=CC(C(=O)O)C2)CC1O. The molecular formula is C13H20N2O4. The smallest absolute Gasteiger partial charge is 0.317 e. The zero-order valence-corrected chi connectivity index (χ0v) is 11.0. The summed E-state index contributed by atoms with van der Waals surface area (Å²) < 4.78 is 0. The van der Waals surface area contributed by atoms with E-state index >= 15 is 0 Å². The van der Waals surface area contributed by atoms with Crippen molar-refractivity contribution in [3.63, 3.8) is 0 Å². The van der Waals surface area contributed by atoms with Crippen LogP contribution in [-0.2, 0) is 4.79 Å². The van der Waals surface area contributed by atoms with E-state index in [1.807, 2.05) is 6.92 Å². The second-order valence-electron chi connectivity index (χ2n) is 5.40. The van der Waals surface area contributed by atoms with Gasteiger partial charge in [0.2, 0.25) is 0 Å². The summed E-state index contributed by atoms with van der Waals surface area (Å²) in [4.78, 5) is 24.4. The van der Waals surface area contributed by atoms with E-state index in [9.17, 15) is 14.7 Å². The molecule has 106 valence electrons. The lowest BCUT2D eigenvalue weighted by Gasteiger charge is -2.34. The van der Waals surface area contributed by atoms with E-state index in [-0.39, 0.29) is 18.0 Å². The number of carboxylic acids is 1. The van der Waals surface area contributed by atoms with E-state index in [2.05, 4.69) is 5.32 Å². The van der Waals surface area contributed by atoms with Gasteiger partial charge in [-0.3, -0.25) is 4.79 Å². The van der Waals surface area contributed by atoms with Crippen LogP contribution in [0.15, 0.2) is 12.2 Å². The summed E-state index contributed by atoms with van der Waals surface area (Å²) in [6.45, 7) is 2.94. The molecule has 2 aliphatic rings. The summed E-state index contributed by atoms with van der Waals surface area (Å²) >= 11 is 0. The normalized spacial score (nSPS) is 34.3. The minimum Gasteiger partial charge on any atom is -0.481 e. The fourth-order valence-electron chi connectivity index (χ4n) is 2.47. The Morgan fingerprint density at radius 3 is 2.68 bits per heavy atom. The van der Waals surface area contributed by atoms with Crippen LogP contribution in [0, 0.1) is 11.8 Å². The number of nitrogens with one attached hydrogen (secondary N) is 1. The van der Waals surface area contributed by atoms with Crippen molar-refractivity contribution < 1.29 is 19.8 Å². The van der Waals surface area contributed by atoms with Crippen molar-refractivity contribution in [3.8, 4) is 0 Å². The Hall–Kier alpha value is -1.56. The number of aliphatic carboxylic acids is 1. The van der Waals surface area contributed by atoms with Crippen LogP contribution in [-0.4, -0.2) is 52.3 Å². The lowest BCUT2D eigenvalue weighted by atomic mass is 9.96. The second-order valence-corrected chi connectivity index (χ2v) is 5.40. The molecule has 0 aromatic carbocycles. The molecule has 0 bridgehead atoms. The number of aliphatic hydroxyl groups is 1. The maximum absolute atomic E-state index is 12.0. The van der Waals surface area contributed by atoms with Crippen LogP contribution >= 0.6 is 0 Å². The molecule has 6 heteroatoms. The molecular weight excluding hydrogens is 248 g/mol. The van der Waals surface area contributed by atoms with Gasteiger partial charge in [0.05, 0.1) is 18.1 Å². The van der Waals surface area contributed by atoms with Crippen LogP contribution < -0.4 is 5.32 Å². The topological polar surface area (TPSA) is 89.9 Å². The molecule has 1 fully saturated rings. The number of carboxylic acid groups (broad SMARTS) is 1. The summed E-state index contributed by atoms with van der Waals surface area (Å²) in [7, 11) is 0. The maximum Gasteiger partial charge on any atom is 0.317 e. The molecule has 1 aliphatic heterocycles. The first-order chi connectivity index (χ1) is 8.97. The number of hydrogen-bond acceptors (Lipinski definition) is 3. The Morgan fingerprint density at radius 2 is 2.11 bits per heavy atom. The molecule has 0 aromatic heterocycles. The van der Waals surface area contributed by atoms with Crippen LogP contribution in [0.3, 0.4) is 0 Å². The molecule has 4 atom stereocenters. The number of rotatable bonds is 2. The Morgan fingerprint density at radius 1 is 1.37 bits per heavy atom. The van der Waals surface area contributed by atoms with Crippen LogP contribution in [0.5, 0.6) is 0 Å². The predicted octanol–water partition coefficient (Wildman–Crippen LogP) is 0.428. The second kappa shape index (κ2) is 5.61. The van der Waals surface area contributed by atoms with Crippen molar-refractivity contribution >= 4 is 12.0 Å². The summed E-state index contributed by atoms with van der Waals surface area (Å²) in [6, 6.07) is -0.461. The quantitative estimate of drug-likeness (QED) is 0.633. The first-order valence-corrected chi connectivity index (χ1v) is 6.62. The van der Waals surface area contributed by atoms with Crippen molar-refractivity contribution in [3.05, 3.63) is 12.2 Å². The molecule has 0 saturated carbocycles. The monoisotopic (exact) mass is 268 g/mol. The first-order valence-electron chi connectivity index (χ1n) is 6.62. The van der Waals surface area contributed by atoms with Gasteiger partial charge < -0.3 is 20.4 Å². The molecule has 1 saturated heterocycles. The van der Waals surface area contributed by atoms with Crippen LogP contribution in [0.25, 0.3) is 0 Å². The Balaban J connectivity index is 1.82. The Bertz CT molecular complexity index is 396. The predicted molar refractivity (Wildman–Crippen MR) is 68.6 cm³/mol. The molecule has 6 nitrogen and oxygen atoms in total. The van der Waals surface area contributed by atoms with Crippen molar-refractivity contribution in [1.82, 2.24) is 10.2 Å². The molecule has 3 N–H and O–H groups in total. The average Bonchev–Trinajstić information content (AvgIpc) is 2.81. The van der Waals surface area contributed by atoms with Gasteiger partial charge >= 0.3 is 12.0 Å². The molecule has 0 aromatic rings. The van der Waals surface area contributed by atoms with Gasteiger partial charge in [0.1, 0.15) is 0 Å². The van der Waals surface area contributed by atoms with E-state index < -0.39 is 18.0 Å². The lowest BCUT2D eigenvalue weighted by molar-refractivity contribution is -0.140. The number of hydrogen-bond donors (Lipinski definition) is 3. The lowest BCUT2D eigenvalue weighted by Crippen LogP contribution is -2.51. The Labute approximate surface area is 112 Å². The molecule has 1 heterocycles. The third kappa shape index (κ3) is 3.26. The molecule has 0 spiro atoms. The summed E-state index contributed by atoms with van der Waals surface area (Å²) in [5, 5.41) is 21.4. The van der Waals surface area contributed by atoms with Crippen LogP contribution in [0.4, 0.5) is 4.79 Å². The van der Waals surface area contributed by atoms with Crippen molar-refractivity contribution in [2.45, 2.75) is 31.9 Å². The van der Waals surface area contributed by atoms with Crippen LogP contribution in [0.1, 0.15) is 19.8 Å². The highest BCUT2D eigenvalue weighted by atomic mass is 16.4. The number of likely N-dealkylation sites (tertiary alicyclic amines) is 1. The highest BCUT2D eigenvalue weighted by Crippen LogP contribution is 2.20. The third-order valence-electron chi connectivity index (χ3n) is 3.92. The van der Waals surface area contributed by atoms with E-state index in [1.54, 1.807) is 17.1 Å². The van der Waals surface area contributed by atoms with Crippen molar-refractivity contribution in [2.75, 3.05) is 13.1 Å². The summed E-state index contributed by atoms with van der Waals surface area (Å²) in [6.07, 6.45) is 4.03. The molecule has 0 radical (unpaired) electrons. The molecule has 19 heavy (non-hydrogen) atoms. The van der Waals surface area contributed by atoms with Gasteiger partial charge in [-0.1, -0.05) is 19.1 Å². The zero-order chi connectivity index (χ0) is 14.0. The molecule has 2 rings (SSSR count). The van der Waals surface area contributed by atoms with Crippen LogP contribution in [0.2, 0.25) is 0 Å². The molecule has 2 amide bonds. The van der Waals surface area contributed by atoms with E-state index in [1.165, 1.54) is 0 Å². The highest BCUT2D eigenvalue weighted by molar-refractivity contribution is 5.76. The summed E-state index contributed by atoms with van der Waals surface area (Å²) in [5.74, 6) is -1.17. The minimum atomic E-state index is -0.866. The van der Waals surface area contributed by atoms with Gasteiger partial charge in [-0.2, -0.15) is 0 Å². The summed E-state index contributed by atoms with van der Waals surface area (Å²) in [5.41, 5.74) is 0. The fourth-order valence-corrected chi connectivity index (χ4v) is 2.47. The standard InChI is InChI=1S/C13H20N2O4/c1-8-4-5-15(7-11(8)16)13(19)14-10-3-2-9(6-10)12(17)18/h2-3,8-11,16H,4-7H2,1H3,(H,14,19)(H,17,18). The van der Waals surface area contributed by atoms with Gasteiger partial charge in [0, 0.05) is 13.1 Å². The number of β-amino-alcohol motifs (C(OH)–C–C–N with tert-alkyl or cyclic N) is 1. The molecule has 4 unspecified atom stereocenters. The number of urea groups is 1. The number of carbonyl (C=O) groups is 2. The Kier molecular flexibility index (Phi) is 4.09. The average molecular weight is 268 g/mol. The number of piperidine rings is 1. The minimum absolute atomic E-state index is 0.215. The number of nitrogens with zero attached hydrogens (tertiary/aromatic N) is 1. The number of aliphatic hydroxyl groups excluding tert-OH is 1. The fraction of sp³-hybridized carbons (Fsp3) is 0.692. The van der Waals surface area contributed by atoms with Gasteiger partial charge in [-0.05, 0) is 18.8 Å². The molecule has 1 aliphatic carbocycles. The zero-order valence-electron chi connectivity index (χ0n) is 11.0. The third-order valence-corrected chi connectivity index (χ3v) is 3.92. The van der Waals surface area contributed by atoms with Gasteiger partial charge in [0.15, 0.2) is 0 Å². The van der Waals surface area contributed by atoms with Crippen molar-refractivity contribution in [2.24, 2.45) is 11.8 Å². The largest absolute Gasteiger partial charge is 0.481 e. The van der Waals surface area contributed by atoms with E-state index in [0.29, 0.717) is 19.5 Å². The van der Waals surface area contributed by atoms with Gasteiger partial charge in [-0.25, -0.2) is 4.79 Å².